The van der Waals surface area contributed by atoms with Crippen LogP contribution in [0.3, 0.4) is 0 Å². The molecule has 0 saturated carbocycles. The summed E-state index contributed by atoms with van der Waals surface area (Å²) in [7, 11) is 3.21. The highest BCUT2D eigenvalue weighted by Gasteiger charge is 2.22. The Morgan fingerprint density at radius 3 is 2.29 bits per heavy atom. The molecule has 0 unspecified atom stereocenters. The molecule has 2 amide bonds. The van der Waals surface area contributed by atoms with Crippen LogP contribution in [0.15, 0.2) is 53.9 Å². The molecule has 2 aromatic carbocycles. The van der Waals surface area contributed by atoms with Crippen molar-refractivity contribution in [3.63, 3.8) is 0 Å². The maximum atomic E-state index is 13.6. The van der Waals surface area contributed by atoms with Gasteiger partial charge in [0.2, 0.25) is 5.91 Å². The molecule has 0 aliphatic carbocycles. The lowest BCUT2D eigenvalue weighted by Crippen LogP contribution is -2.45. The summed E-state index contributed by atoms with van der Waals surface area (Å²) >= 11 is 7.55. The van der Waals surface area contributed by atoms with E-state index in [2.05, 4.69) is 6.07 Å². The van der Waals surface area contributed by atoms with Crippen LogP contribution in [0.1, 0.15) is 29.3 Å². The molecule has 3 rings (SSSR count). The molecule has 0 radical (unpaired) electrons. The number of halogens is 1. The summed E-state index contributed by atoms with van der Waals surface area (Å²) in [4.78, 5) is 31.1. The first-order chi connectivity index (χ1) is 18.3. The Hall–Kier alpha value is -3.23. The fraction of sp³-hybridized carbons (Fsp3) is 0.379. The van der Waals surface area contributed by atoms with E-state index < -0.39 is 0 Å². The molecule has 1 aromatic heterocycles. The monoisotopic (exact) mass is 558 g/mol. The summed E-state index contributed by atoms with van der Waals surface area (Å²) in [5.74, 6) is 1.52. The van der Waals surface area contributed by atoms with Crippen molar-refractivity contribution in [1.29, 1.82) is 0 Å². The van der Waals surface area contributed by atoms with Crippen LogP contribution in [0.25, 0.3) is 0 Å². The van der Waals surface area contributed by atoms with Gasteiger partial charge >= 0.3 is 0 Å². The Bertz CT molecular complexity index is 1200. The van der Waals surface area contributed by atoms with Gasteiger partial charge in [0.15, 0.2) is 18.1 Å². The first-order valence-electron chi connectivity index (χ1n) is 12.5. The van der Waals surface area contributed by atoms with Gasteiger partial charge in [0.05, 0.1) is 27.3 Å². The van der Waals surface area contributed by atoms with Gasteiger partial charge in [-0.15, -0.1) is 11.3 Å². The second-order valence-electron chi connectivity index (χ2n) is 8.84. The van der Waals surface area contributed by atoms with Gasteiger partial charge in [-0.2, -0.15) is 0 Å². The summed E-state index contributed by atoms with van der Waals surface area (Å²) in [6, 6.07) is 14.7. The average Bonchev–Trinajstić information content (AvgIpc) is 3.33. The molecule has 0 saturated heterocycles. The summed E-state index contributed by atoms with van der Waals surface area (Å²) < 4.78 is 16.4. The maximum absolute atomic E-state index is 13.6. The van der Waals surface area contributed by atoms with Crippen molar-refractivity contribution >= 4 is 34.8 Å². The Morgan fingerprint density at radius 1 is 0.921 bits per heavy atom. The number of aryl methyl sites for hydroxylation is 1. The Morgan fingerprint density at radius 2 is 1.66 bits per heavy atom. The third-order valence-electron chi connectivity index (χ3n) is 6.12. The van der Waals surface area contributed by atoms with Crippen LogP contribution >= 0.6 is 22.9 Å². The van der Waals surface area contributed by atoms with E-state index in [0.717, 1.165) is 22.4 Å². The molecular weight excluding hydrogens is 524 g/mol. The summed E-state index contributed by atoms with van der Waals surface area (Å²) in [6.07, 6.45) is 1.37. The Kier molecular flexibility index (Phi) is 11.3. The standard InChI is InChI=1S/C29H35ClN2O5S/c1-5-14-31(29(34)20-37-24-9-7-23(30)8-10-24)19-28(33)32(18-27-21(2)13-16-38-27)15-12-22-6-11-25(35-3)26(17-22)36-4/h6-11,13,16-17H,5,12,14-15,18-20H2,1-4H3. The van der Waals surface area contributed by atoms with Crippen molar-refractivity contribution in [3.8, 4) is 17.2 Å². The lowest BCUT2D eigenvalue weighted by molar-refractivity contribution is -0.142. The van der Waals surface area contributed by atoms with Crippen LogP contribution in [0.5, 0.6) is 17.2 Å². The predicted octanol–water partition coefficient (Wildman–Crippen LogP) is 5.62. The molecule has 1 heterocycles. The second kappa shape index (κ2) is 14.6. The Balaban J connectivity index is 1.70. The number of hydrogen-bond donors (Lipinski definition) is 0. The number of carbonyl (C=O) groups excluding carboxylic acids is 2. The number of methoxy groups -OCH3 is 2. The number of carbonyl (C=O) groups is 2. The highest BCUT2D eigenvalue weighted by molar-refractivity contribution is 7.10. The third-order valence-corrected chi connectivity index (χ3v) is 7.38. The molecule has 7 nitrogen and oxygen atoms in total. The van der Waals surface area contributed by atoms with Gasteiger partial charge in [-0.1, -0.05) is 24.6 Å². The van der Waals surface area contributed by atoms with Gasteiger partial charge in [-0.25, -0.2) is 0 Å². The van der Waals surface area contributed by atoms with Crippen LogP contribution in [-0.4, -0.2) is 62.1 Å². The summed E-state index contributed by atoms with van der Waals surface area (Å²) in [6.45, 7) is 5.33. The molecule has 9 heteroatoms. The quantitative estimate of drug-likeness (QED) is 0.257. The highest BCUT2D eigenvalue weighted by Crippen LogP contribution is 2.28. The zero-order valence-electron chi connectivity index (χ0n) is 22.4. The van der Waals surface area contributed by atoms with Crippen LogP contribution in [0, 0.1) is 6.92 Å². The molecular formula is C29H35ClN2O5S. The molecule has 0 bridgehead atoms. The zero-order valence-corrected chi connectivity index (χ0v) is 23.9. The molecule has 0 aliphatic rings. The molecule has 0 fully saturated rings. The van der Waals surface area contributed by atoms with Crippen molar-refractivity contribution in [2.45, 2.75) is 33.2 Å². The average molecular weight is 559 g/mol. The van der Waals surface area contributed by atoms with E-state index in [4.69, 9.17) is 25.8 Å². The van der Waals surface area contributed by atoms with Crippen molar-refractivity contribution < 1.29 is 23.8 Å². The minimum atomic E-state index is -0.234. The number of hydrogen-bond acceptors (Lipinski definition) is 6. The van der Waals surface area contributed by atoms with E-state index in [-0.39, 0.29) is 25.0 Å². The first-order valence-corrected chi connectivity index (χ1v) is 13.8. The summed E-state index contributed by atoms with van der Waals surface area (Å²) in [5, 5.41) is 2.62. The van der Waals surface area contributed by atoms with Crippen LogP contribution in [0.2, 0.25) is 5.02 Å². The molecule has 0 atom stereocenters. The van der Waals surface area contributed by atoms with E-state index in [0.29, 0.717) is 48.3 Å². The number of ether oxygens (including phenoxy) is 3. The number of amides is 2. The molecule has 3 aromatic rings. The SMILES string of the molecule is CCCN(CC(=O)N(CCc1ccc(OC)c(OC)c1)Cc1sccc1C)C(=O)COc1ccc(Cl)cc1. The van der Waals surface area contributed by atoms with Crippen LogP contribution < -0.4 is 14.2 Å². The predicted molar refractivity (Wildman–Crippen MR) is 152 cm³/mol. The molecule has 0 aliphatic heterocycles. The normalized spacial score (nSPS) is 10.7. The van der Waals surface area contributed by atoms with Crippen molar-refractivity contribution in [2.75, 3.05) is 40.5 Å². The zero-order chi connectivity index (χ0) is 27.5. The summed E-state index contributed by atoms with van der Waals surface area (Å²) in [5.41, 5.74) is 2.18. The Labute approximate surface area is 233 Å². The molecule has 0 N–H and O–H groups in total. The first kappa shape index (κ1) is 29.3. The van der Waals surface area contributed by atoms with E-state index >= 15 is 0 Å². The number of rotatable bonds is 14. The molecule has 204 valence electrons. The van der Waals surface area contributed by atoms with Gasteiger partial charge in [0.25, 0.3) is 5.91 Å². The minimum Gasteiger partial charge on any atom is -0.493 e. The van der Waals surface area contributed by atoms with Gasteiger partial charge < -0.3 is 24.0 Å². The van der Waals surface area contributed by atoms with Gasteiger partial charge in [-0.3, -0.25) is 9.59 Å². The van der Waals surface area contributed by atoms with E-state index in [9.17, 15) is 9.59 Å². The fourth-order valence-corrected chi connectivity index (χ4v) is 4.97. The third kappa shape index (κ3) is 8.39. The topological polar surface area (TPSA) is 68.3 Å². The smallest absolute Gasteiger partial charge is 0.260 e. The lowest BCUT2D eigenvalue weighted by atomic mass is 10.1. The molecule has 38 heavy (non-hydrogen) atoms. The minimum absolute atomic E-state index is 0.00694. The number of benzene rings is 2. The van der Waals surface area contributed by atoms with Gasteiger partial charge in [0.1, 0.15) is 5.75 Å². The largest absolute Gasteiger partial charge is 0.493 e. The van der Waals surface area contributed by atoms with Crippen molar-refractivity contribution in [2.24, 2.45) is 0 Å². The van der Waals surface area contributed by atoms with Crippen LogP contribution in [-0.2, 0) is 22.6 Å². The highest BCUT2D eigenvalue weighted by atomic mass is 35.5. The van der Waals surface area contributed by atoms with Crippen LogP contribution in [0.4, 0.5) is 0 Å². The molecule has 0 spiro atoms. The maximum Gasteiger partial charge on any atom is 0.260 e. The van der Waals surface area contributed by atoms with Crippen molar-refractivity contribution in [3.05, 3.63) is 74.9 Å². The fourth-order valence-electron chi connectivity index (χ4n) is 3.92. The number of thiophene rings is 1. The second-order valence-corrected chi connectivity index (χ2v) is 10.3. The van der Waals surface area contributed by atoms with E-state index in [1.165, 1.54) is 0 Å². The van der Waals surface area contributed by atoms with Gasteiger partial charge in [-0.05, 0) is 78.7 Å². The lowest BCUT2D eigenvalue weighted by Gasteiger charge is -2.28. The van der Waals surface area contributed by atoms with E-state index in [1.54, 1.807) is 54.7 Å². The number of nitrogens with zero attached hydrogens (tertiary/aromatic N) is 2. The van der Waals surface area contributed by atoms with E-state index in [1.807, 2.05) is 42.3 Å². The van der Waals surface area contributed by atoms with Gasteiger partial charge in [0, 0.05) is 23.0 Å². The van der Waals surface area contributed by atoms with Crippen molar-refractivity contribution in [1.82, 2.24) is 9.80 Å².